The highest BCUT2D eigenvalue weighted by Crippen LogP contribution is 2.32. The molecule has 0 radical (unpaired) electrons. The maximum Gasteiger partial charge on any atom is 0.165 e. The molecular weight excluding hydrogens is 347 g/mol. The van der Waals surface area contributed by atoms with E-state index in [1.807, 2.05) is 30.1 Å². The molecule has 1 aliphatic heterocycles. The Kier molecular flexibility index (Phi) is 6.53. The molecule has 1 N–H and O–H groups in total. The summed E-state index contributed by atoms with van der Waals surface area (Å²) < 4.78 is 25.1. The Morgan fingerprint density at radius 2 is 2.00 bits per heavy atom. The van der Waals surface area contributed by atoms with E-state index in [0.717, 1.165) is 24.5 Å². The number of para-hydroxylation sites is 3. The zero-order valence-corrected chi connectivity index (χ0v) is 15.8. The smallest absolute Gasteiger partial charge is 0.165 e. The van der Waals surface area contributed by atoms with Gasteiger partial charge in [-0.25, -0.2) is 4.39 Å². The molecule has 0 fully saturated rings. The molecule has 0 aliphatic carbocycles. The molecule has 2 aromatic carbocycles. The molecule has 1 heterocycles. The number of rotatable bonds is 8. The van der Waals surface area contributed by atoms with Crippen LogP contribution in [-0.2, 0) is 0 Å². The first-order chi connectivity index (χ1) is 13.1. The van der Waals surface area contributed by atoms with Gasteiger partial charge in [0.2, 0.25) is 0 Å². The van der Waals surface area contributed by atoms with E-state index >= 15 is 0 Å². The Morgan fingerprint density at radius 1 is 1.26 bits per heavy atom. The predicted molar refractivity (Wildman–Crippen MR) is 104 cm³/mol. The third-order valence-electron chi connectivity index (χ3n) is 4.61. The summed E-state index contributed by atoms with van der Waals surface area (Å²) >= 11 is 0. The maximum absolute atomic E-state index is 13.6. The number of benzene rings is 2. The Labute approximate surface area is 159 Å². The molecule has 0 aromatic heterocycles. The number of nitrogens with zero attached hydrogens (tertiary/aromatic N) is 2. The van der Waals surface area contributed by atoms with Gasteiger partial charge in [-0.05, 0) is 38.2 Å². The van der Waals surface area contributed by atoms with Gasteiger partial charge < -0.3 is 19.5 Å². The van der Waals surface area contributed by atoms with Crippen molar-refractivity contribution in [2.45, 2.75) is 19.1 Å². The lowest BCUT2D eigenvalue weighted by atomic mass is 10.1. The minimum atomic E-state index is -0.715. The van der Waals surface area contributed by atoms with Crippen LogP contribution in [0.2, 0.25) is 0 Å². The molecule has 2 aromatic rings. The number of ether oxygens (including phenoxy) is 2. The van der Waals surface area contributed by atoms with Gasteiger partial charge in [0.1, 0.15) is 24.6 Å². The van der Waals surface area contributed by atoms with E-state index < -0.39 is 11.9 Å². The fourth-order valence-corrected chi connectivity index (χ4v) is 3.36. The van der Waals surface area contributed by atoms with Crippen molar-refractivity contribution in [3.8, 4) is 11.5 Å². The molecule has 1 aliphatic rings. The Bertz CT molecular complexity index is 743. The number of anilines is 1. The first-order valence-electron chi connectivity index (χ1n) is 9.31. The molecule has 27 heavy (non-hydrogen) atoms. The summed E-state index contributed by atoms with van der Waals surface area (Å²) in [6.45, 7) is 5.00. The summed E-state index contributed by atoms with van der Waals surface area (Å²) in [5, 5.41) is 10.2. The third-order valence-corrected chi connectivity index (χ3v) is 4.61. The van der Waals surface area contributed by atoms with Crippen LogP contribution in [0.4, 0.5) is 10.1 Å². The fourth-order valence-electron chi connectivity index (χ4n) is 3.36. The van der Waals surface area contributed by atoms with Gasteiger partial charge in [0.05, 0.1) is 12.2 Å². The van der Waals surface area contributed by atoms with E-state index in [1.54, 1.807) is 18.2 Å². The van der Waals surface area contributed by atoms with Gasteiger partial charge >= 0.3 is 0 Å². The SMILES string of the molecule is CCN1CC(CN(C)CC(O)COc2ccccc2F)Oc2ccccc21. The van der Waals surface area contributed by atoms with Crippen molar-refractivity contribution in [3.05, 3.63) is 54.3 Å². The van der Waals surface area contributed by atoms with Crippen molar-refractivity contribution in [1.82, 2.24) is 4.90 Å². The average Bonchev–Trinajstić information content (AvgIpc) is 2.66. The fraction of sp³-hybridized carbons (Fsp3) is 0.429. The summed E-state index contributed by atoms with van der Waals surface area (Å²) in [7, 11) is 1.94. The van der Waals surface area contributed by atoms with Gasteiger partial charge in [-0.3, -0.25) is 4.90 Å². The minimum Gasteiger partial charge on any atom is -0.488 e. The third kappa shape index (κ3) is 5.11. The highest BCUT2D eigenvalue weighted by atomic mass is 19.1. The van der Waals surface area contributed by atoms with Crippen LogP contribution >= 0.6 is 0 Å². The Hall–Kier alpha value is -2.31. The van der Waals surface area contributed by atoms with Crippen molar-refractivity contribution in [2.24, 2.45) is 0 Å². The second-order valence-corrected chi connectivity index (χ2v) is 6.86. The van der Waals surface area contributed by atoms with Gasteiger partial charge in [-0.2, -0.15) is 0 Å². The van der Waals surface area contributed by atoms with Gasteiger partial charge in [0, 0.05) is 19.6 Å². The van der Waals surface area contributed by atoms with Crippen LogP contribution < -0.4 is 14.4 Å². The highest BCUT2D eigenvalue weighted by Gasteiger charge is 2.26. The lowest BCUT2D eigenvalue weighted by Crippen LogP contribution is -2.47. The number of likely N-dealkylation sites (N-methyl/N-ethyl adjacent to an activating group) is 2. The van der Waals surface area contributed by atoms with Crippen LogP contribution in [0.3, 0.4) is 0 Å². The summed E-state index contributed by atoms with van der Waals surface area (Å²) in [5.74, 6) is 0.629. The van der Waals surface area contributed by atoms with Gasteiger partial charge in [-0.1, -0.05) is 24.3 Å². The van der Waals surface area contributed by atoms with Crippen LogP contribution in [0.1, 0.15) is 6.92 Å². The molecule has 6 heteroatoms. The number of hydrogen-bond donors (Lipinski definition) is 1. The standard InChI is InChI=1S/C21H27FN2O3/c1-3-24-14-17(27-21-11-7-5-9-19(21)24)13-23(2)12-16(25)15-26-20-10-6-4-8-18(20)22/h4-11,16-17,25H,3,12-15H2,1-2H3. The maximum atomic E-state index is 13.6. The molecule has 2 atom stereocenters. The van der Waals surface area contributed by atoms with E-state index in [0.29, 0.717) is 13.1 Å². The molecule has 0 bridgehead atoms. The van der Waals surface area contributed by atoms with E-state index in [9.17, 15) is 9.50 Å². The monoisotopic (exact) mass is 374 g/mol. The minimum absolute atomic E-state index is 0.0181. The van der Waals surface area contributed by atoms with Crippen molar-refractivity contribution in [2.75, 3.05) is 44.7 Å². The molecular formula is C21H27FN2O3. The molecule has 5 nitrogen and oxygen atoms in total. The largest absolute Gasteiger partial charge is 0.488 e. The van der Waals surface area contributed by atoms with E-state index in [2.05, 4.69) is 17.9 Å². The van der Waals surface area contributed by atoms with Crippen LogP contribution in [0.5, 0.6) is 11.5 Å². The lowest BCUT2D eigenvalue weighted by Gasteiger charge is -2.37. The molecule has 3 rings (SSSR count). The Balaban J connectivity index is 1.49. The second kappa shape index (κ2) is 9.06. The predicted octanol–water partition coefficient (Wildman–Crippen LogP) is 2.78. The van der Waals surface area contributed by atoms with Crippen LogP contribution in [-0.4, -0.2) is 62.0 Å². The van der Waals surface area contributed by atoms with Gasteiger partial charge in [0.15, 0.2) is 11.6 Å². The van der Waals surface area contributed by atoms with E-state index in [1.165, 1.54) is 6.07 Å². The van der Waals surface area contributed by atoms with Crippen LogP contribution in [0.25, 0.3) is 0 Å². The number of halogens is 1. The summed E-state index contributed by atoms with van der Waals surface area (Å²) in [6.07, 6.45) is -0.697. The molecule has 0 saturated heterocycles. The number of fused-ring (bicyclic) bond motifs is 1. The van der Waals surface area contributed by atoms with Crippen molar-refractivity contribution in [3.63, 3.8) is 0 Å². The number of aliphatic hydroxyl groups is 1. The lowest BCUT2D eigenvalue weighted by molar-refractivity contribution is 0.0595. The molecule has 2 unspecified atom stereocenters. The number of aliphatic hydroxyl groups excluding tert-OH is 1. The first kappa shape index (κ1) is 19.5. The average molecular weight is 374 g/mol. The van der Waals surface area contributed by atoms with Crippen molar-refractivity contribution < 1.29 is 19.0 Å². The zero-order valence-electron chi connectivity index (χ0n) is 15.8. The molecule has 0 spiro atoms. The zero-order chi connectivity index (χ0) is 19.2. The quantitative estimate of drug-likeness (QED) is 0.770. The molecule has 0 amide bonds. The van der Waals surface area contributed by atoms with E-state index in [-0.39, 0.29) is 18.5 Å². The topological polar surface area (TPSA) is 45.2 Å². The second-order valence-electron chi connectivity index (χ2n) is 6.86. The van der Waals surface area contributed by atoms with Gasteiger partial charge in [0.25, 0.3) is 0 Å². The Morgan fingerprint density at radius 3 is 2.78 bits per heavy atom. The number of hydrogen-bond acceptors (Lipinski definition) is 5. The summed E-state index contributed by atoms with van der Waals surface area (Å²) in [4.78, 5) is 4.32. The normalized spacial score (nSPS) is 17.4. The van der Waals surface area contributed by atoms with E-state index in [4.69, 9.17) is 9.47 Å². The summed E-state index contributed by atoms with van der Waals surface area (Å²) in [6, 6.07) is 14.3. The first-order valence-corrected chi connectivity index (χ1v) is 9.31. The summed E-state index contributed by atoms with van der Waals surface area (Å²) in [5.41, 5.74) is 1.12. The van der Waals surface area contributed by atoms with Crippen LogP contribution in [0.15, 0.2) is 48.5 Å². The van der Waals surface area contributed by atoms with Crippen molar-refractivity contribution >= 4 is 5.69 Å². The molecule has 146 valence electrons. The van der Waals surface area contributed by atoms with Gasteiger partial charge in [-0.15, -0.1) is 0 Å². The molecule has 0 saturated carbocycles. The van der Waals surface area contributed by atoms with Crippen LogP contribution in [0, 0.1) is 5.82 Å². The van der Waals surface area contributed by atoms with Crippen molar-refractivity contribution in [1.29, 1.82) is 0 Å². The highest BCUT2D eigenvalue weighted by molar-refractivity contribution is 5.60.